The van der Waals surface area contributed by atoms with Crippen LogP contribution in [0.1, 0.15) is 20.1 Å². The molecule has 106 valence electrons. The van der Waals surface area contributed by atoms with E-state index in [0.717, 1.165) is 4.57 Å². The van der Waals surface area contributed by atoms with Gasteiger partial charge in [-0.2, -0.15) is 4.98 Å². The molecule has 0 spiro atoms. The highest BCUT2D eigenvalue weighted by Crippen LogP contribution is 2.09. The van der Waals surface area contributed by atoms with E-state index in [1.807, 2.05) is 0 Å². The molecule has 0 saturated carbocycles. The number of hydrogen-bond donors (Lipinski definition) is 3. The summed E-state index contributed by atoms with van der Waals surface area (Å²) in [5.41, 5.74) is -0.671. The summed E-state index contributed by atoms with van der Waals surface area (Å²) in [6, 6.07) is 1.42. The molecule has 8 nitrogen and oxygen atoms in total. The fourth-order valence-corrected chi connectivity index (χ4v) is 1.39. The fraction of sp³-hybridized carbons (Fsp3) is 0.545. The number of carbonyl (C=O) groups is 1. The Hall–Kier alpha value is -1.77. The van der Waals surface area contributed by atoms with E-state index >= 15 is 0 Å². The van der Waals surface area contributed by atoms with Crippen molar-refractivity contribution in [3.05, 3.63) is 22.7 Å². The summed E-state index contributed by atoms with van der Waals surface area (Å²) in [5.74, 6) is -0.214. The average Bonchev–Trinajstić information content (AvgIpc) is 2.35. The third kappa shape index (κ3) is 4.43. The van der Waals surface area contributed by atoms with Gasteiger partial charge in [0.05, 0.1) is 19.3 Å². The molecule has 0 aliphatic carbocycles. The van der Waals surface area contributed by atoms with E-state index in [4.69, 9.17) is 9.84 Å². The Morgan fingerprint density at radius 1 is 1.53 bits per heavy atom. The van der Waals surface area contributed by atoms with Gasteiger partial charge in [-0.15, -0.1) is 0 Å². The lowest BCUT2D eigenvalue weighted by Gasteiger charge is -2.21. The summed E-state index contributed by atoms with van der Waals surface area (Å²) in [6.45, 7) is 2.23. The van der Waals surface area contributed by atoms with Crippen molar-refractivity contribution < 1.29 is 19.7 Å². The summed E-state index contributed by atoms with van der Waals surface area (Å²) in [7, 11) is 0. The minimum atomic E-state index is -0.937. The summed E-state index contributed by atoms with van der Waals surface area (Å²) in [6.07, 6.45) is -0.112. The Morgan fingerprint density at radius 3 is 2.68 bits per heavy atom. The van der Waals surface area contributed by atoms with E-state index in [-0.39, 0.29) is 18.3 Å². The topological polar surface area (TPSA) is 114 Å². The molecule has 0 aromatic carbocycles. The smallest absolute Gasteiger partial charge is 0.351 e. The van der Waals surface area contributed by atoms with Crippen LogP contribution in [0.25, 0.3) is 0 Å². The van der Waals surface area contributed by atoms with Crippen LogP contribution in [0, 0.1) is 0 Å². The number of rotatable bonds is 6. The molecule has 0 radical (unpaired) electrons. The van der Waals surface area contributed by atoms with Crippen LogP contribution >= 0.6 is 0 Å². The second kappa shape index (κ2) is 6.98. The summed E-state index contributed by atoms with van der Waals surface area (Å²) >= 11 is 0. The van der Waals surface area contributed by atoms with Crippen LogP contribution in [0.3, 0.4) is 0 Å². The van der Waals surface area contributed by atoms with E-state index in [0.29, 0.717) is 0 Å². The largest absolute Gasteiger partial charge is 0.394 e. The van der Waals surface area contributed by atoms with Crippen LogP contribution in [0.15, 0.2) is 17.1 Å². The van der Waals surface area contributed by atoms with E-state index in [1.165, 1.54) is 19.2 Å². The molecular formula is C11H17N3O5. The maximum Gasteiger partial charge on any atom is 0.351 e. The standard InChI is InChI=1S/C11H17N3O5/c1-7(5-15)19-10(6-16)14-4-3-9(12-8(2)17)13-11(14)18/h3-4,7,10,15-16H,5-6H2,1-2H3,(H,12,13,17,18)/t7-,10-/m1/s1. The highest BCUT2D eigenvalue weighted by atomic mass is 16.5. The second-order valence-electron chi connectivity index (χ2n) is 3.95. The molecule has 1 aromatic rings. The molecule has 0 aliphatic heterocycles. The number of nitrogens with zero attached hydrogens (tertiary/aromatic N) is 2. The van der Waals surface area contributed by atoms with Crippen LogP contribution in [0.5, 0.6) is 0 Å². The number of carbonyl (C=O) groups excluding carboxylic acids is 1. The highest BCUT2D eigenvalue weighted by molar-refractivity contribution is 5.87. The lowest BCUT2D eigenvalue weighted by atomic mass is 10.4. The normalized spacial score (nSPS) is 13.9. The van der Waals surface area contributed by atoms with E-state index in [2.05, 4.69) is 10.3 Å². The molecule has 0 saturated heterocycles. The van der Waals surface area contributed by atoms with Crippen molar-refractivity contribution >= 4 is 11.7 Å². The van der Waals surface area contributed by atoms with Crippen LogP contribution in [0.4, 0.5) is 5.82 Å². The van der Waals surface area contributed by atoms with Gasteiger partial charge in [-0.1, -0.05) is 0 Å². The molecule has 19 heavy (non-hydrogen) atoms. The molecule has 0 aliphatic rings. The number of aliphatic hydroxyl groups is 2. The monoisotopic (exact) mass is 271 g/mol. The number of aromatic nitrogens is 2. The van der Waals surface area contributed by atoms with E-state index < -0.39 is 24.6 Å². The maximum absolute atomic E-state index is 11.7. The van der Waals surface area contributed by atoms with Gasteiger partial charge < -0.3 is 20.3 Å². The Morgan fingerprint density at radius 2 is 2.21 bits per heavy atom. The molecule has 2 atom stereocenters. The van der Waals surface area contributed by atoms with Gasteiger partial charge in [0.1, 0.15) is 5.82 Å². The lowest BCUT2D eigenvalue weighted by Crippen LogP contribution is -2.33. The zero-order chi connectivity index (χ0) is 14.4. The molecule has 3 N–H and O–H groups in total. The Bertz CT molecular complexity index is 487. The summed E-state index contributed by atoms with van der Waals surface area (Å²) in [4.78, 5) is 26.2. The van der Waals surface area contributed by atoms with Crippen molar-refractivity contribution in [3.8, 4) is 0 Å². The first-order valence-corrected chi connectivity index (χ1v) is 5.72. The van der Waals surface area contributed by atoms with Crippen LogP contribution in [-0.4, -0.2) is 45.0 Å². The van der Waals surface area contributed by atoms with Gasteiger partial charge in [-0.05, 0) is 13.0 Å². The molecule has 1 amide bonds. The van der Waals surface area contributed by atoms with Crippen molar-refractivity contribution in [1.29, 1.82) is 0 Å². The van der Waals surface area contributed by atoms with Crippen molar-refractivity contribution in [1.82, 2.24) is 9.55 Å². The maximum atomic E-state index is 11.7. The van der Waals surface area contributed by atoms with Gasteiger partial charge in [-0.25, -0.2) is 4.79 Å². The first-order chi connectivity index (χ1) is 8.97. The van der Waals surface area contributed by atoms with Gasteiger partial charge in [-0.3, -0.25) is 9.36 Å². The molecule has 8 heteroatoms. The molecule has 1 aromatic heterocycles. The molecule has 1 heterocycles. The number of hydrogen-bond acceptors (Lipinski definition) is 6. The molecule has 0 fully saturated rings. The van der Waals surface area contributed by atoms with Gasteiger partial charge in [0.25, 0.3) is 0 Å². The zero-order valence-corrected chi connectivity index (χ0v) is 10.7. The minimum absolute atomic E-state index is 0.126. The molecule has 1 rings (SSSR count). The third-order valence-corrected chi connectivity index (χ3v) is 2.25. The van der Waals surface area contributed by atoms with Crippen molar-refractivity contribution in [2.75, 3.05) is 18.5 Å². The number of amides is 1. The first-order valence-electron chi connectivity index (χ1n) is 5.72. The van der Waals surface area contributed by atoms with E-state index in [9.17, 15) is 14.7 Å². The average molecular weight is 271 g/mol. The SMILES string of the molecule is CC(=O)Nc1ccn([C@@H](CO)O[C@H](C)CO)c(=O)n1. The fourth-order valence-electron chi connectivity index (χ4n) is 1.39. The van der Waals surface area contributed by atoms with Crippen molar-refractivity contribution in [2.45, 2.75) is 26.2 Å². The lowest BCUT2D eigenvalue weighted by molar-refractivity contribution is -0.114. The zero-order valence-electron chi connectivity index (χ0n) is 10.7. The molecular weight excluding hydrogens is 254 g/mol. The first kappa shape index (κ1) is 15.3. The molecule has 0 unspecified atom stereocenters. The summed E-state index contributed by atoms with van der Waals surface area (Å²) in [5, 5.41) is 20.5. The number of aliphatic hydroxyl groups excluding tert-OH is 2. The quantitative estimate of drug-likeness (QED) is 0.617. The Balaban J connectivity index is 2.93. The second-order valence-corrected chi connectivity index (χ2v) is 3.95. The van der Waals surface area contributed by atoms with Crippen molar-refractivity contribution in [2.24, 2.45) is 0 Å². The van der Waals surface area contributed by atoms with Gasteiger partial charge in [0.15, 0.2) is 6.23 Å². The Labute approximate surface area is 109 Å². The molecule has 0 bridgehead atoms. The number of ether oxygens (including phenoxy) is 1. The van der Waals surface area contributed by atoms with Gasteiger partial charge in [0, 0.05) is 13.1 Å². The predicted molar refractivity (Wildman–Crippen MR) is 66.6 cm³/mol. The van der Waals surface area contributed by atoms with Gasteiger partial charge >= 0.3 is 5.69 Å². The number of nitrogens with one attached hydrogen (secondary N) is 1. The van der Waals surface area contributed by atoms with Crippen LogP contribution < -0.4 is 11.0 Å². The third-order valence-electron chi connectivity index (χ3n) is 2.25. The summed E-state index contributed by atoms with van der Waals surface area (Å²) < 4.78 is 6.35. The van der Waals surface area contributed by atoms with Crippen molar-refractivity contribution in [3.63, 3.8) is 0 Å². The predicted octanol–water partition coefficient (Wildman–Crippen LogP) is -0.910. The van der Waals surface area contributed by atoms with Crippen LogP contribution in [0.2, 0.25) is 0 Å². The Kier molecular flexibility index (Phi) is 5.61. The highest BCUT2D eigenvalue weighted by Gasteiger charge is 2.16. The number of anilines is 1. The van der Waals surface area contributed by atoms with E-state index in [1.54, 1.807) is 6.92 Å². The van der Waals surface area contributed by atoms with Gasteiger partial charge in [0.2, 0.25) is 5.91 Å². The minimum Gasteiger partial charge on any atom is -0.394 e. The van der Waals surface area contributed by atoms with Crippen LogP contribution in [-0.2, 0) is 9.53 Å².